The van der Waals surface area contributed by atoms with Gasteiger partial charge in [-0.3, -0.25) is 9.36 Å². The zero-order chi connectivity index (χ0) is 44.1. The normalized spacial score (nSPS) is 13.9. The summed E-state index contributed by atoms with van der Waals surface area (Å²) in [6, 6.07) is 0. The fourth-order valence-corrected chi connectivity index (χ4v) is 7.70. The number of carbonyl (C=O) groups is 1. The third kappa shape index (κ3) is 47.8. The monoisotopic (exact) mass is 868 g/mol. The minimum Gasteiger partial charge on any atom is -0.756 e. The minimum atomic E-state index is -4.53. The molecule has 0 spiro atoms. The standard InChI is InChI=1S/C51H98NO7P/c1-6-8-10-12-14-16-18-20-22-23-24-25-26-27-28-29-30-32-34-36-38-40-42-44-51(53)59-50(49-58-60(54,55)57-47-45-52(3,4)5)48-56-46-43-41-39-37-35-33-31-21-19-17-15-13-11-9-7-2/h13,15,19,21,23-24,50H,6-12,14,16-18,20,22,25-49H2,1-5H3/b15-13-,21-19-,24-23-. The van der Waals surface area contributed by atoms with Crippen molar-refractivity contribution in [3.05, 3.63) is 36.5 Å². The lowest BCUT2D eigenvalue weighted by atomic mass is 10.0. The third-order valence-electron chi connectivity index (χ3n) is 10.9. The second kappa shape index (κ2) is 44.3. The Hall–Kier alpha value is -1.28. The molecule has 0 radical (unpaired) electrons. The Morgan fingerprint density at radius 3 is 1.42 bits per heavy atom. The number of nitrogens with zero attached hydrogens (tertiary/aromatic N) is 1. The Balaban J connectivity index is 4.12. The van der Waals surface area contributed by atoms with Crippen molar-refractivity contribution < 1.29 is 37.3 Å². The van der Waals surface area contributed by atoms with Gasteiger partial charge >= 0.3 is 5.97 Å². The van der Waals surface area contributed by atoms with E-state index in [1.165, 1.54) is 154 Å². The summed E-state index contributed by atoms with van der Waals surface area (Å²) in [6.07, 6.45) is 53.1. The van der Waals surface area contributed by atoms with Crippen molar-refractivity contribution in [2.24, 2.45) is 0 Å². The van der Waals surface area contributed by atoms with Crippen molar-refractivity contribution in [3.8, 4) is 0 Å². The Morgan fingerprint density at radius 1 is 0.517 bits per heavy atom. The number of phosphoric ester groups is 1. The molecule has 354 valence electrons. The van der Waals surface area contributed by atoms with Crippen LogP contribution in [0.3, 0.4) is 0 Å². The number of ether oxygens (including phenoxy) is 2. The molecule has 0 rings (SSSR count). The molecule has 0 N–H and O–H groups in total. The van der Waals surface area contributed by atoms with Crippen molar-refractivity contribution in [1.29, 1.82) is 0 Å². The van der Waals surface area contributed by atoms with Crippen molar-refractivity contribution in [3.63, 3.8) is 0 Å². The lowest BCUT2D eigenvalue weighted by Gasteiger charge is -2.28. The minimum absolute atomic E-state index is 0.0241. The summed E-state index contributed by atoms with van der Waals surface area (Å²) in [5.41, 5.74) is 0. The first-order valence-electron chi connectivity index (χ1n) is 25.2. The van der Waals surface area contributed by atoms with E-state index in [1.54, 1.807) is 0 Å². The van der Waals surface area contributed by atoms with Gasteiger partial charge in [0.2, 0.25) is 0 Å². The number of allylic oxidation sites excluding steroid dienone is 6. The average Bonchev–Trinajstić information content (AvgIpc) is 3.20. The average molecular weight is 868 g/mol. The largest absolute Gasteiger partial charge is 0.756 e. The van der Waals surface area contributed by atoms with Crippen LogP contribution in [-0.2, 0) is 27.9 Å². The molecule has 0 aromatic heterocycles. The van der Waals surface area contributed by atoms with Crippen LogP contribution in [0.15, 0.2) is 36.5 Å². The number of carbonyl (C=O) groups excluding carboxylic acids is 1. The maximum Gasteiger partial charge on any atom is 0.306 e. The van der Waals surface area contributed by atoms with Crippen LogP contribution in [0.5, 0.6) is 0 Å². The predicted octanol–water partition coefficient (Wildman–Crippen LogP) is 14.7. The second-order valence-corrected chi connectivity index (χ2v) is 19.6. The van der Waals surface area contributed by atoms with Crippen LogP contribution in [0.4, 0.5) is 0 Å². The summed E-state index contributed by atoms with van der Waals surface area (Å²) in [5, 5.41) is 0. The molecule has 0 saturated heterocycles. The lowest BCUT2D eigenvalue weighted by molar-refractivity contribution is -0.870. The molecular weight excluding hydrogens is 770 g/mol. The number of hydrogen-bond donors (Lipinski definition) is 0. The first kappa shape index (κ1) is 58.7. The molecule has 0 amide bonds. The van der Waals surface area contributed by atoms with Gasteiger partial charge in [-0.15, -0.1) is 0 Å². The van der Waals surface area contributed by atoms with Gasteiger partial charge in [0.25, 0.3) is 7.82 Å². The summed E-state index contributed by atoms with van der Waals surface area (Å²) in [7, 11) is 1.35. The Bertz CT molecular complexity index is 1060. The van der Waals surface area contributed by atoms with E-state index in [-0.39, 0.29) is 25.8 Å². The molecule has 0 heterocycles. The molecule has 2 unspecified atom stereocenters. The maximum absolute atomic E-state index is 12.7. The van der Waals surface area contributed by atoms with Gasteiger partial charge in [0.15, 0.2) is 0 Å². The number of hydrogen-bond acceptors (Lipinski definition) is 7. The van der Waals surface area contributed by atoms with E-state index in [4.69, 9.17) is 18.5 Å². The van der Waals surface area contributed by atoms with Crippen LogP contribution in [0.1, 0.15) is 226 Å². The van der Waals surface area contributed by atoms with Crippen molar-refractivity contribution in [1.82, 2.24) is 0 Å². The molecule has 0 aromatic carbocycles. The van der Waals surface area contributed by atoms with Crippen LogP contribution in [0.2, 0.25) is 0 Å². The fourth-order valence-electron chi connectivity index (χ4n) is 6.97. The van der Waals surface area contributed by atoms with Crippen molar-refractivity contribution in [2.75, 3.05) is 54.1 Å². The van der Waals surface area contributed by atoms with Crippen molar-refractivity contribution >= 4 is 13.8 Å². The van der Waals surface area contributed by atoms with E-state index >= 15 is 0 Å². The number of unbranched alkanes of at least 4 members (excludes halogenated alkanes) is 27. The fraction of sp³-hybridized carbons (Fsp3) is 0.863. The number of phosphoric acid groups is 1. The number of quaternary nitrogens is 1. The van der Waals surface area contributed by atoms with Gasteiger partial charge in [-0.05, 0) is 64.2 Å². The highest BCUT2D eigenvalue weighted by Gasteiger charge is 2.20. The summed E-state index contributed by atoms with van der Waals surface area (Å²) in [6.45, 7) is 5.37. The van der Waals surface area contributed by atoms with Crippen LogP contribution in [0.25, 0.3) is 0 Å². The second-order valence-electron chi connectivity index (χ2n) is 18.2. The summed E-state index contributed by atoms with van der Waals surface area (Å²) < 4.78 is 34.7. The first-order chi connectivity index (χ1) is 29.1. The topological polar surface area (TPSA) is 94.1 Å². The van der Waals surface area contributed by atoms with Gasteiger partial charge in [0.05, 0.1) is 34.4 Å². The molecule has 8 nitrogen and oxygen atoms in total. The predicted molar refractivity (Wildman–Crippen MR) is 254 cm³/mol. The number of esters is 1. The van der Waals surface area contributed by atoms with E-state index in [0.29, 0.717) is 24.1 Å². The quantitative estimate of drug-likeness (QED) is 0.0198. The van der Waals surface area contributed by atoms with Gasteiger partial charge in [0, 0.05) is 13.0 Å². The van der Waals surface area contributed by atoms with E-state index in [9.17, 15) is 14.3 Å². The summed E-state index contributed by atoms with van der Waals surface area (Å²) in [4.78, 5) is 25.1. The SMILES string of the molecule is CCCC/C=C\C/C=C\CCCCCCCCOCC(COP(=O)([O-])OCC[N+](C)(C)C)OC(=O)CCCCCCCCCCCCC/C=C\CCCCCCCCCC. The molecule has 60 heavy (non-hydrogen) atoms. The van der Waals surface area contributed by atoms with E-state index < -0.39 is 13.9 Å². The Morgan fingerprint density at radius 2 is 0.933 bits per heavy atom. The van der Waals surface area contributed by atoms with Crippen molar-refractivity contribution in [2.45, 2.75) is 232 Å². The highest BCUT2D eigenvalue weighted by atomic mass is 31.2. The summed E-state index contributed by atoms with van der Waals surface area (Å²) in [5.74, 6) is -0.337. The molecule has 0 fully saturated rings. The lowest BCUT2D eigenvalue weighted by Crippen LogP contribution is -2.37. The highest BCUT2D eigenvalue weighted by Crippen LogP contribution is 2.38. The maximum atomic E-state index is 12.7. The van der Waals surface area contributed by atoms with E-state index in [2.05, 4.69) is 50.3 Å². The molecular formula is C51H98NO7P. The zero-order valence-electron chi connectivity index (χ0n) is 40.2. The van der Waals surface area contributed by atoms with Gasteiger partial charge in [-0.2, -0.15) is 0 Å². The van der Waals surface area contributed by atoms with Gasteiger partial charge in [0.1, 0.15) is 19.3 Å². The van der Waals surface area contributed by atoms with Crippen LogP contribution >= 0.6 is 7.82 Å². The Kier molecular flexibility index (Phi) is 43.4. The molecule has 9 heteroatoms. The van der Waals surface area contributed by atoms with Gasteiger partial charge in [-0.25, -0.2) is 0 Å². The Labute approximate surface area is 372 Å². The molecule has 0 aliphatic heterocycles. The molecule has 0 aliphatic rings. The molecule has 0 bridgehead atoms. The van der Waals surface area contributed by atoms with Gasteiger partial charge in [-0.1, -0.05) is 192 Å². The van der Waals surface area contributed by atoms with Crippen LogP contribution in [-0.4, -0.2) is 70.7 Å². The van der Waals surface area contributed by atoms with Crippen LogP contribution in [0, 0.1) is 0 Å². The number of likely N-dealkylation sites (N-methyl/N-ethyl adjacent to an activating group) is 1. The first-order valence-corrected chi connectivity index (χ1v) is 26.7. The van der Waals surface area contributed by atoms with Crippen LogP contribution < -0.4 is 4.89 Å². The molecule has 0 aromatic rings. The molecule has 2 atom stereocenters. The zero-order valence-corrected chi connectivity index (χ0v) is 41.1. The molecule has 0 aliphatic carbocycles. The third-order valence-corrected chi connectivity index (χ3v) is 11.9. The van der Waals surface area contributed by atoms with Gasteiger partial charge < -0.3 is 27.9 Å². The molecule has 0 saturated carbocycles. The van der Waals surface area contributed by atoms with E-state index in [1.807, 2.05) is 21.1 Å². The smallest absolute Gasteiger partial charge is 0.306 e. The summed E-state index contributed by atoms with van der Waals surface area (Å²) >= 11 is 0. The number of rotatable bonds is 47. The highest BCUT2D eigenvalue weighted by molar-refractivity contribution is 7.45. The van der Waals surface area contributed by atoms with E-state index in [0.717, 1.165) is 51.4 Å².